The number of amides is 1. The molecule has 0 bridgehead atoms. The molecule has 1 aliphatic rings. The number of nitrogens with one attached hydrogen (secondary N) is 2. The van der Waals surface area contributed by atoms with Gasteiger partial charge in [-0.1, -0.05) is 24.3 Å². The second-order valence-corrected chi connectivity index (χ2v) is 6.74. The van der Waals surface area contributed by atoms with Crippen LogP contribution in [0.15, 0.2) is 48.5 Å². The molecular formula is C21H27FN3O2+. The number of hydrogen-bond donors (Lipinski definition) is 2. The van der Waals surface area contributed by atoms with Crippen molar-refractivity contribution in [3.05, 3.63) is 54.3 Å². The average molecular weight is 372 g/mol. The van der Waals surface area contributed by atoms with Gasteiger partial charge in [0, 0.05) is 0 Å². The smallest absolute Gasteiger partial charge is 0.282 e. The molecule has 0 spiro atoms. The van der Waals surface area contributed by atoms with Crippen LogP contribution in [-0.2, 0) is 4.79 Å². The first-order valence-electron chi connectivity index (χ1n) is 9.47. The second kappa shape index (κ2) is 8.86. The van der Waals surface area contributed by atoms with Gasteiger partial charge in [-0.05, 0) is 38.1 Å². The van der Waals surface area contributed by atoms with Crippen molar-refractivity contribution < 1.29 is 18.8 Å². The molecule has 3 rings (SSSR count). The van der Waals surface area contributed by atoms with Gasteiger partial charge in [0.2, 0.25) is 0 Å². The van der Waals surface area contributed by atoms with Crippen molar-refractivity contribution in [2.75, 3.05) is 43.0 Å². The van der Waals surface area contributed by atoms with Gasteiger partial charge in [0.05, 0.1) is 44.2 Å². The number of quaternary nitrogens is 1. The van der Waals surface area contributed by atoms with E-state index in [-0.39, 0.29) is 17.6 Å². The van der Waals surface area contributed by atoms with Crippen LogP contribution in [0.3, 0.4) is 0 Å². The SMILES string of the molecule is CCOc1ccccc1N1CC[NH+]([C@@H](C)C(=O)Nc2ccccc2F)CC1. The Balaban J connectivity index is 1.59. The Kier molecular flexibility index (Phi) is 6.29. The number of benzene rings is 2. The summed E-state index contributed by atoms with van der Waals surface area (Å²) in [6, 6.07) is 14.1. The molecule has 1 heterocycles. The number of halogens is 1. The van der Waals surface area contributed by atoms with Gasteiger partial charge in [0.25, 0.3) is 5.91 Å². The lowest BCUT2D eigenvalue weighted by Crippen LogP contribution is -3.19. The van der Waals surface area contributed by atoms with E-state index < -0.39 is 5.82 Å². The molecule has 5 nitrogen and oxygen atoms in total. The van der Waals surface area contributed by atoms with Crippen LogP contribution in [-0.4, -0.2) is 44.7 Å². The number of anilines is 2. The largest absolute Gasteiger partial charge is 0.492 e. The number of para-hydroxylation sites is 3. The molecule has 1 saturated heterocycles. The fourth-order valence-electron chi connectivity index (χ4n) is 3.45. The summed E-state index contributed by atoms with van der Waals surface area (Å²) in [4.78, 5) is 16.0. The van der Waals surface area contributed by atoms with Crippen molar-refractivity contribution in [1.82, 2.24) is 0 Å². The Morgan fingerprint density at radius 2 is 1.85 bits per heavy atom. The van der Waals surface area contributed by atoms with E-state index in [1.807, 2.05) is 32.0 Å². The topological polar surface area (TPSA) is 46.0 Å². The summed E-state index contributed by atoms with van der Waals surface area (Å²) >= 11 is 0. The highest BCUT2D eigenvalue weighted by atomic mass is 19.1. The predicted molar refractivity (Wildman–Crippen MR) is 105 cm³/mol. The van der Waals surface area contributed by atoms with Gasteiger partial charge in [-0.2, -0.15) is 0 Å². The third kappa shape index (κ3) is 4.57. The lowest BCUT2D eigenvalue weighted by atomic mass is 10.2. The van der Waals surface area contributed by atoms with E-state index in [1.54, 1.807) is 18.2 Å². The van der Waals surface area contributed by atoms with E-state index in [1.165, 1.54) is 11.0 Å². The molecule has 1 fully saturated rings. The monoisotopic (exact) mass is 372 g/mol. The van der Waals surface area contributed by atoms with Gasteiger partial charge < -0.3 is 19.9 Å². The van der Waals surface area contributed by atoms with Crippen LogP contribution >= 0.6 is 0 Å². The van der Waals surface area contributed by atoms with Gasteiger partial charge in [-0.15, -0.1) is 0 Å². The summed E-state index contributed by atoms with van der Waals surface area (Å²) in [5.41, 5.74) is 1.33. The van der Waals surface area contributed by atoms with Crippen molar-refractivity contribution in [2.24, 2.45) is 0 Å². The first-order valence-corrected chi connectivity index (χ1v) is 9.47. The van der Waals surface area contributed by atoms with E-state index in [0.717, 1.165) is 37.6 Å². The van der Waals surface area contributed by atoms with Crippen molar-refractivity contribution in [2.45, 2.75) is 19.9 Å². The molecular weight excluding hydrogens is 345 g/mol. The van der Waals surface area contributed by atoms with Gasteiger partial charge in [-0.25, -0.2) is 4.39 Å². The lowest BCUT2D eigenvalue weighted by Gasteiger charge is -2.36. The maximum atomic E-state index is 13.8. The minimum absolute atomic E-state index is 0.154. The predicted octanol–water partition coefficient (Wildman–Crippen LogP) is 1.96. The Labute approximate surface area is 159 Å². The highest BCUT2D eigenvalue weighted by molar-refractivity contribution is 5.93. The molecule has 0 unspecified atom stereocenters. The normalized spacial score (nSPS) is 16.0. The molecule has 1 atom stereocenters. The summed E-state index contributed by atoms with van der Waals surface area (Å²) in [7, 11) is 0. The Bertz CT molecular complexity index is 776. The molecule has 1 amide bonds. The fraction of sp³-hybridized carbons (Fsp3) is 0.381. The minimum atomic E-state index is -0.412. The molecule has 2 N–H and O–H groups in total. The molecule has 144 valence electrons. The Morgan fingerprint density at radius 3 is 2.56 bits per heavy atom. The first kappa shape index (κ1) is 19.2. The standard InChI is InChI=1S/C21H26FN3O2/c1-3-27-20-11-7-6-10-19(20)25-14-12-24(13-15-25)16(2)21(26)23-18-9-5-4-8-17(18)22/h4-11,16H,3,12-15H2,1-2H3,(H,23,26)/p+1/t16-/m0/s1. The zero-order chi connectivity index (χ0) is 19.2. The summed E-state index contributed by atoms with van der Waals surface area (Å²) in [5.74, 6) is 0.331. The molecule has 27 heavy (non-hydrogen) atoms. The Morgan fingerprint density at radius 1 is 1.19 bits per heavy atom. The number of nitrogens with zero attached hydrogens (tertiary/aromatic N) is 1. The first-order chi connectivity index (χ1) is 13.1. The molecule has 0 radical (unpaired) electrons. The quantitative estimate of drug-likeness (QED) is 0.815. The van der Waals surface area contributed by atoms with Gasteiger partial charge >= 0.3 is 0 Å². The van der Waals surface area contributed by atoms with Crippen molar-refractivity contribution in [3.63, 3.8) is 0 Å². The summed E-state index contributed by atoms with van der Waals surface area (Å²) < 4.78 is 19.5. The zero-order valence-corrected chi connectivity index (χ0v) is 15.9. The number of carbonyl (C=O) groups is 1. The van der Waals surface area contributed by atoms with E-state index in [2.05, 4.69) is 16.3 Å². The summed E-state index contributed by atoms with van der Waals surface area (Å²) in [5, 5.41) is 2.71. The van der Waals surface area contributed by atoms with E-state index in [9.17, 15) is 9.18 Å². The third-order valence-corrected chi connectivity index (χ3v) is 5.05. The fourth-order valence-corrected chi connectivity index (χ4v) is 3.45. The van der Waals surface area contributed by atoms with Crippen LogP contribution in [0.5, 0.6) is 5.75 Å². The highest BCUT2D eigenvalue weighted by Crippen LogP contribution is 2.27. The lowest BCUT2D eigenvalue weighted by molar-refractivity contribution is -0.914. The van der Waals surface area contributed by atoms with Crippen molar-refractivity contribution in [3.8, 4) is 5.75 Å². The van der Waals surface area contributed by atoms with E-state index >= 15 is 0 Å². The Hall–Kier alpha value is -2.60. The molecule has 0 aliphatic carbocycles. The van der Waals surface area contributed by atoms with Gasteiger partial charge in [0.1, 0.15) is 11.6 Å². The number of rotatable bonds is 6. The van der Waals surface area contributed by atoms with Crippen LogP contribution in [0.4, 0.5) is 15.8 Å². The molecule has 1 aliphatic heterocycles. The molecule has 0 saturated carbocycles. The maximum absolute atomic E-state index is 13.8. The van der Waals surface area contributed by atoms with Gasteiger partial charge in [-0.3, -0.25) is 4.79 Å². The van der Waals surface area contributed by atoms with Crippen LogP contribution in [0.25, 0.3) is 0 Å². The number of ether oxygens (including phenoxy) is 1. The summed E-state index contributed by atoms with van der Waals surface area (Å²) in [6.45, 7) is 7.88. The molecule has 0 aromatic heterocycles. The maximum Gasteiger partial charge on any atom is 0.282 e. The zero-order valence-electron chi connectivity index (χ0n) is 15.9. The van der Waals surface area contributed by atoms with Crippen LogP contribution in [0.1, 0.15) is 13.8 Å². The van der Waals surface area contributed by atoms with Crippen LogP contribution in [0, 0.1) is 5.82 Å². The highest BCUT2D eigenvalue weighted by Gasteiger charge is 2.30. The third-order valence-electron chi connectivity index (χ3n) is 5.05. The average Bonchev–Trinajstić information content (AvgIpc) is 2.70. The molecule has 6 heteroatoms. The molecule has 2 aromatic rings. The minimum Gasteiger partial charge on any atom is -0.492 e. The second-order valence-electron chi connectivity index (χ2n) is 6.74. The van der Waals surface area contributed by atoms with Crippen LogP contribution in [0.2, 0.25) is 0 Å². The molecule has 2 aromatic carbocycles. The van der Waals surface area contributed by atoms with Crippen molar-refractivity contribution in [1.29, 1.82) is 0 Å². The van der Waals surface area contributed by atoms with E-state index in [0.29, 0.717) is 6.61 Å². The van der Waals surface area contributed by atoms with Crippen LogP contribution < -0.4 is 19.9 Å². The van der Waals surface area contributed by atoms with E-state index in [4.69, 9.17) is 4.74 Å². The number of carbonyl (C=O) groups excluding carboxylic acids is 1. The van der Waals surface area contributed by atoms with Crippen molar-refractivity contribution >= 4 is 17.3 Å². The number of piperazine rings is 1. The summed E-state index contributed by atoms with van der Waals surface area (Å²) in [6.07, 6.45) is 0. The van der Waals surface area contributed by atoms with Gasteiger partial charge in [0.15, 0.2) is 6.04 Å². The number of hydrogen-bond acceptors (Lipinski definition) is 3.